The van der Waals surface area contributed by atoms with Crippen LogP contribution in [-0.4, -0.2) is 19.6 Å². The maximum absolute atomic E-state index is 11.8. The fraction of sp³-hybridized carbons (Fsp3) is 0.556. The van der Waals surface area contributed by atoms with Crippen LogP contribution in [0.25, 0.3) is 0 Å². The molecule has 0 radical (unpaired) electrons. The van der Waals surface area contributed by atoms with Crippen molar-refractivity contribution in [3.8, 4) is 0 Å². The minimum absolute atomic E-state index is 0.106. The van der Waals surface area contributed by atoms with Crippen molar-refractivity contribution in [2.45, 2.75) is 36.1 Å². The van der Waals surface area contributed by atoms with Crippen LogP contribution in [0.2, 0.25) is 0 Å². The molecular formula is C9H13NO3S2. The zero-order valence-corrected chi connectivity index (χ0v) is 9.77. The predicted molar refractivity (Wildman–Crippen MR) is 58.2 cm³/mol. The van der Waals surface area contributed by atoms with Crippen molar-refractivity contribution in [2.75, 3.05) is 0 Å². The highest BCUT2D eigenvalue weighted by atomic mass is 32.2. The van der Waals surface area contributed by atoms with E-state index in [1.54, 1.807) is 6.07 Å². The number of hydrogen-bond acceptors (Lipinski definition) is 4. The Morgan fingerprint density at radius 2 is 2.20 bits per heavy atom. The summed E-state index contributed by atoms with van der Waals surface area (Å²) in [6, 6.07) is 3.28. The van der Waals surface area contributed by atoms with Crippen molar-refractivity contribution in [1.29, 1.82) is 0 Å². The first kappa shape index (κ1) is 11.1. The van der Waals surface area contributed by atoms with Crippen LogP contribution >= 0.6 is 11.3 Å². The van der Waals surface area contributed by atoms with E-state index in [9.17, 15) is 8.42 Å². The molecule has 1 aliphatic rings. The van der Waals surface area contributed by atoms with Crippen molar-refractivity contribution in [2.24, 2.45) is 0 Å². The Morgan fingerprint density at radius 3 is 2.67 bits per heavy atom. The van der Waals surface area contributed by atoms with Gasteiger partial charge in [-0.3, -0.25) is 0 Å². The molecule has 0 atom stereocenters. The molecule has 2 N–H and O–H groups in total. The minimum atomic E-state index is -3.35. The molecule has 84 valence electrons. The number of sulfonamides is 1. The molecule has 0 saturated heterocycles. The van der Waals surface area contributed by atoms with Gasteiger partial charge in [0.1, 0.15) is 4.21 Å². The van der Waals surface area contributed by atoms with Crippen molar-refractivity contribution in [1.82, 2.24) is 4.72 Å². The van der Waals surface area contributed by atoms with Gasteiger partial charge in [-0.25, -0.2) is 13.1 Å². The third-order valence-corrected chi connectivity index (χ3v) is 5.57. The lowest BCUT2D eigenvalue weighted by atomic mass is 9.94. The fourth-order valence-corrected chi connectivity index (χ4v) is 3.93. The van der Waals surface area contributed by atoms with Gasteiger partial charge in [-0.1, -0.05) is 6.42 Å². The third kappa shape index (κ3) is 2.39. The molecule has 1 aromatic rings. The van der Waals surface area contributed by atoms with E-state index in [4.69, 9.17) is 5.11 Å². The summed E-state index contributed by atoms with van der Waals surface area (Å²) in [6.45, 7) is -0.108. The average molecular weight is 247 g/mol. The smallest absolute Gasteiger partial charge is 0.250 e. The van der Waals surface area contributed by atoms with E-state index in [-0.39, 0.29) is 12.6 Å². The number of rotatable bonds is 4. The van der Waals surface area contributed by atoms with Crippen LogP contribution < -0.4 is 4.72 Å². The summed E-state index contributed by atoms with van der Waals surface area (Å²) in [7, 11) is -3.35. The summed E-state index contributed by atoms with van der Waals surface area (Å²) in [5, 5.41) is 8.85. The molecule has 1 heterocycles. The number of aliphatic hydroxyl groups is 1. The number of aliphatic hydroxyl groups excluding tert-OH is 1. The van der Waals surface area contributed by atoms with E-state index in [2.05, 4.69) is 4.72 Å². The Hall–Kier alpha value is -0.430. The molecule has 0 amide bonds. The summed E-state index contributed by atoms with van der Waals surface area (Å²) in [4.78, 5) is 0.670. The fourth-order valence-electron chi connectivity index (χ4n) is 1.39. The second-order valence-corrected chi connectivity index (χ2v) is 6.74. The van der Waals surface area contributed by atoms with E-state index in [1.165, 1.54) is 6.07 Å². The van der Waals surface area contributed by atoms with Gasteiger partial charge < -0.3 is 5.11 Å². The highest BCUT2D eigenvalue weighted by molar-refractivity contribution is 7.91. The van der Waals surface area contributed by atoms with Crippen LogP contribution in [0.15, 0.2) is 16.3 Å². The van der Waals surface area contributed by atoms with Gasteiger partial charge in [0.25, 0.3) is 0 Å². The maximum Gasteiger partial charge on any atom is 0.250 e. The van der Waals surface area contributed by atoms with Crippen LogP contribution in [0.3, 0.4) is 0 Å². The first-order valence-corrected chi connectivity index (χ1v) is 7.14. The number of hydrogen-bond donors (Lipinski definition) is 2. The standard InChI is InChI=1S/C9H13NO3S2/c11-6-8-4-5-9(14-8)15(12,13)10-7-2-1-3-7/h4-5,7,10-11H,1-3,6H2. The number of nitrogens with one attached hydrogen (secondary N) is 1. The van der Waals surface area contributed by atoms with Crippen LogP contribution in [0.5, 0.6) is 0 Å². The van der Waals surface area contributed by atoms with Crippen LogP contribution in [-0.2, 0) is 16.6 Å². The molecule has 0 spiro atoms. The summed E-state index contributed by atoms with van der Waals surface area (Å²) < 4.78 is 26.5. The Bertz CT molecular complexity index is 434. The lowest BCUT2D eigenvalue weighted by Gasteiger charge is -2.25. The summed E-state index contributed by atoms with van der Waals surface area (Å²) in [5.74, 6) is 0. The molecule has 1 fully saturated rings. The van der Waals surface area contributed by atoms with Crippen LogP contribution in [0, 0.1) is 0 Å². The van der Waals surface area contributed by atoms with Gasteiger partial charge in [0.05, 0.1) is 6.61 Å². The van der Waals surface area contributed by atoms with E-state index in [0.717, 1.165) is 30.6 Å². The largest absolute Gasteiger partial charge is 0.391 e. The molecule has 0 aromatic carbocycles. The normalized spacial score (nSPS) is 17.7. The zero-order valence-electron chi connectivity index (χ0n) is 8.14. The second kappa shape index (κ2) is 4.21. The van der Waals surface area contributed by atoms with Crippen molar-refractivity contribution in [3.63, 3.8) is 0 Å². The molecule has 2 rings (SSSR count). The van der Waals surface area contributed by atoms with E-state index < -0.39 is 10.0 Å². The molecule has 0 aliphatic heterocycles. The predicted octanol–water partition coefficient (Wildman–Crippen LogP) is 1.07. The van der Waals surface area contributed by atoms with Gasteiger partial charge >= 0.3 is 0 Å². The molecule has 15 heavy (non-hydrogen) atoms. The molecule has 1 saturated carbocycles. The van der Waals surface area contributed by atoms with Gasteiger partial charge in [-0.2, -0.15) is 0 Å². The zero-order chi connectivity index (χ0) is 10.9. The summed E-state index contributed by atoms with van der Waals surface area (Å²) in [6.07, 6.45) is 2.95. The molecule has 4 nitrogen and oxygen atoms in total. The summed E-state index contributed by atoms with van der Waals surface area (Å²) >= 11 is 1.12. The minimum Gasteiger partial charge on any atom is -0.391 e. The monoisotopic (exact) mass is 247 g/mol. The molecule has 0 bridgehead atoms. The molecule has 1 aromatic heterocycles. The van der Waals surface area contributed by atoms with Crippen molar-refractivity contribution < 1.29 is 13.5 Å². The third-order valence-electron chi connectivity index (χ3n) is 2.48. The SMILES string of the molecule is O=S(=O)(NC1CCC1)c1ccc(CO)s1. The van der Waals surface area contributed by atoms with Gasteiger partial charge in [0.15, 0.2) is 0 Å². The highest BCUT2D eigenvalue weighted by Gasteiger charge is 2.25. The van der Waals surface area contributed by atoms with Gasteiger partial charge in [-0.05, 0) is 25.0 Å². The molecular weight excluding hydrogens is 234 g/mol. The highest BCUT2D eigenvalue weighted by Crippen LogP contribution is 2.25. The Morgan fingerprint density at radius 1 is 1.47 bits per heavy atom. The first-order valence-electron chi connectivity index (χ1n) is 4.84. The van der Waals surface area contributed by atoms with Crippen molar-refractivity contribution in [3.05, 3.63) is 17.0 Å². The lowest BCUT2D eigenvalue weighted by molar-refractivity contribution is 0.285. The Labute approximate surface area is 93.0 Å². The van der Waals surface area contributed by atoms with E-state index in [0.29, 0.717) is 9.09 Å². The Kier molecular flexibility index (Phi) is 3.11. The van der Waals surface area contributed by atoms with Crippen LogP contribution in [0.4, 0.5) is 0 Å². The molecule has 1 aliphatic carbocycles. The first-order chi connectivity index (χ1) is 7.12. The van der Waals surface area contributed by atoms with Crippen LogP contribution in [0.1, 0.15) is 24.1 Å². The average Bonchev–Trinajstić information content (AvgIpc) is 2.60. The topological polar surface area (TPSA) is 66.4 Å². The Balaban J connectivity index is 2.13. The number of thiophene rings is 1. The van der Waals surface area contributed by atoms with Gasteiger partial charge in [-0.15, -0.1) is 11.3 Å². The van der Waals surface area contributed by atoms with Gasteiger partial charge in [0, 0.05) is 10.9 Å². The molecule has 6 heteroatoms. The second-order valence-electron chi connectivity index (χ2n) is 3.63. The quantitative estimate of drug-likeness (QED) is 0.836. The van der Waals surface area contributed by atoms with Gasteiger partial charge in [0.2, 0.25) is 10.0 Å². The summed E-state index contributed by atoms with van der Waals surface area (Å²) in [5.41, 5.74) is 0. The van der Waals surface area contributed by atoms with E-state index in [1.807, 2.05) is 0 Å². The molecule has 0 unspecified atom stereocenters. The van der Waals surface area contributed by atoms with Crippen molar-refractivity contribution >= 4 is 21.4 Å². The lowest BCUT2D eigenvalue weighted by Crippen LogP contribution is -2.39. The maximum atomic E-state index is 11.8. The van der Waals surface area contributed by atoms with E-state index >= 15 is 0 Å².